The summed E-state index contributed by atoms with van der Waals surface area (Å²) in [6, 6.07) is 13.8. The van der Waals surface area contributed by atoms with Crippen LogP contribution in [0.2, 0.25) is 0 Å². The number of hydrogen-bond acceptors (Lipinski definition) is 8. The van der Waals surface area contributed by atoms with Crippen molar-refractivity contribution in [1.82, 2.24) is 9.55 Å². The van der Waals surface area contributed by atoms with Gasteiger partial charge in [0.05, 0.1) is 23.2 Å². The molecule has 1 aliphatic rings. The Balaban J connectivity index is 1.61. The lowest BCUT2D eigenvalue weighted by molar-refractivity contribution is -0.221. The number of benzene rings is 2. The highest BCUT2D eigenvalue weighted by molar-refractivity contribution is 7.71. The molecule has 10 heteroatoms. The Kier molecular flexibility index (Phi) is 5.69. The van der Waals surface area contributed by atoms with Crippen molar-refractivity contribution in [3.8, 4) is 5.69 Å². The van der Waals surface area contributed by atoms with Crippen LogP contribution in [0.1, 0.15) is 0 Å². The van der Waals surface area contributed by atoms with E-state index < -0.39 is 37.3 Å². The molecule has 0 bridgehead atoms. The Bertz CT molecular complexity index is 1160. The third-order valence-corrected chi connectivity index (χ3v) is 5.42. The van der Waals surface area contributed by atoms with Crippen molar-refractivity contribution in [1.29, 1.82) is 0 Å². The van der Waals surface area contributed by atoms with Crippen LogP contribution in [-0.4, -0.2) is 67.2 Å². The van der Waals surface area contributed by atoms with Gasteiger partial charge in [-0.3, -0.25) is 9.36 Å². The first kappa shape index (κ1) is 20.7. The summed E-state index contributed by atoms with van der Waals surface area (Å²) >= 11 is 5.34. The monoisotopic (exact) mass is 431 g/mol. The van der Waals surface area contributed by atoms with Crippen LogP contribution in [0.25, 0.3) is 16.6 Å². The first-order chi connectivity index (χ1) is 14.4. The fourth-order valence-electron chi connectivity index (χ4n) is 3.49. The number of hydrogen-bond donors (Lipinski definition) is 6. The van der Waals surface area contributed by atoms with Gasteiger partial charge in [-0.15, -0.1) is 0 Å². The number of nitrogens with zero attached hydrogens (tertiary/aromatic N) is 1. The number of aliphatic hydroxyl groups excluding tert-OH is 4. The molecule has 9 nitrogen and oxygen atoms in total. The smallest absolute Gasteiger partial charge is 0.266 e. The van der Waals surface area contributed by atoms with Gasteiger partial charge >= 0.3 is 0 Å². The maximum atomic E-state index is 12.9. The van der Waals surface area contributed by atoms with E-state index in [9.17, 15) is 25.2 Å². The van der Waals surface area contributed by atoms with Gasteiger partial charge in [-0.2, -0.15) is 0 Å². The summed E-state index contributed by atoms with van der Waals surface area (Å²) in [7, 11) is 0. The first-order valence-corrected chi connectivity index (χ1v) is 9.73. The molecule has 2 aromatic carbocycles. The van der Waals surface area contributed by atoms with Crippen molar-refractivity contribution >= 4 is 28.8 Å². The highest BCUT2D eigenvalue weighted by Crippen LogP contribution is 2.23. The predicted molar refractivity (Wildman–Crippen MR) is 112 cm³/mol. The van der Waals surface area contributed by atoms with E-state index in [1.54, 1.807) is 42.5 Å². The normalized spacial score (nSPS) is 26.6. The highest BCUT2D eigenvalue weighted by atomic mass is 32.1. The molecule has 0 aliphatic carbocycles. The van der Waals surface area contributed by atoms with Crippen molar-refractivity contribution in [3.05, 3.63) is 63.7 Å². The Morgan fingerprint density at radius 3 is 2.43 bits per heavy atom. The molecule has 1 saturated heterocycles. The van der Waals surface area contributed by atoms with E-state index in [4.69, 9.17) is 17.0 Å². The molecule has 6 N–H and O–H groups in total. The topological polar surface area (TPSA) is 140 Å². The number of rotatable bonds is 4. The van der Waals surface area contributed by atoms with E-state index in [2.05, 4.69) is 10.3 Å². The van der Waals surface area contributed by atoms with Gasteiger partial charge in [0.15, 0.2) is 11.0 Å². The second kappa shape index (κ2) is 8.26. The lowest BCUT2D eigenvalue weighted by atomic mass is 9.98. The zero-order chi connectivity index (χ0) is 21.4. The Labute approximate surface area is 175 Å². The number of anilines is 1. The van der Waals surface area contributed by atoms with Crippen molar-refractivity contribution in [3.63, 3.8) is 0 Å². The molecule has 5 unspecified atom stereocenters. The number of fused-ring (bicyclic) bond motifs is 1. The highest BCUT2D eigenvalue weighted by Gasteiger charge is 2.43. The van der Waals surface area contributed by atoms with Crippen LogP contribution in [0, 0.1) is 4.77 Å². The summed E-state index contributed by atoms with van der Waals surface area (Å²) in [4.78, 5) is 15.9. The fraction of sp³-hybridized carbons (Fsp3) is 0.300. The standard InChI is InChI=1S/C20H21N3O6S/c24-9-14-15(25)16(26)17(27)18(29-14)21-10-5-7-11(8-6-10)23-19(28)12-3-1-2-4-13(12)22-20(23)30/h1-8,14-18,21,24-27H,9H2,(H,22,30). The minimum atomic E-state index is -1.47. The van der Waals surface area contributed by atoms with Gasteiger partial charge in [-0.1, -0.05) is 12.1 Å². The number of para-hydroxylation sites is 1. The van der Waals surface area contributed by atoms with E-state index in [1.165, 1.54) is 4.57 Å². The number of nitrogens with one attached hydrogen (secondary N) is 2. The molecule has 0 spiro atoms. The third kappa shape index (κ3) is 3.65. The minimum Gasteiger partial charge on any atom is -0.394 e. The quantitative estimate of drug-likeness (QED) is 0.323. The molecule has 158 valence electrons. The van der Waals surface area contributed by atoms with Gasteiger partial charge in [-0.05, 0) is 48.6 Å². The van der Waals surface area contributed by atoms with Crippen LogP contribution in [0.5, 0.6) is 0 Å². The van der Waals surface area contributed by atoms with E-state index in [1.807, 2.05) is 6.07 Å². The molecular formula is C20H21N3O6S. The molecule has 0 radical (unpaired) electrons. The second-order valence-electron chi connectivity index (χ2n) is 7.06. The SMILES string of the molecule is O=c1c2ccccc2[nH]c(=S)n1-c1ccc(NC2OC(CO)C(O)C(O)C2O)cc1. The van der Waals surface area contributed by atoms with Gasteiger partial charge in [0, 0.05) is 5.69 Å². The Morgan fingerprint density at radius 1 is 1.03 bits per heavy atom. The maximum absolute atomic E-state index is 12.9. The van der Waals surface area contributed by atoms with Gasteiger partial charge in [0.1, 0.15) is 24.4 Å². The average molecular weight is 431 g/mol. The van der Waals surface area contributed by atoms with Crippen molar-refractivity contribution < 1.29 is 25.2 Å². The van der Waals surface area contributed by atoms with Crippen molar-refractivity contribution in [2.45, 2.75) is 30.6 Å². The van der Waals surface area contributed by atoms with Crippen molar-refractivity contribution in [2.24, 2.45) is 0 Å². The van der Waals surface area contributed by atoms with Crippen LogP contribution < -0.4 is 10.9 Å². The van der Waals surface area contributed by atoms with Gasteiger partial charge in [-0.25, -0.2) is 0 Å². The molecule has 0 saturated carbocycles. The molecule has 1 fully saturated rings. The molecule has 3 aromatic rings. The molecule has 2 heterocycles. The lowest BCUT2D eigenvalue weighted by Gasteiger charge is -2.40. The summed E-state index contributed by atoms with van der Waals surface area (Å²) in [5.41, 5.74) is 1.49. The van der Waals surface area contributed by atoms with Gasteiger partial charge in [0.25, 0.3) is 5.56 Å². The molecule has 1 aromatic heterocycles. The Morgan fingerprint density at radius 2 is 1.73 bits per heavy atom. The van der Waals surface area contributed by atoms with Crippen LogP contribution >= 0.6 is 12.2 Å². The van der Waals surface area contributed by atoms with E-state index in [-0.39, 0.29) is 10.3 Å². The summed E-state index contributed by atoms with van der Waals surface area (Å²) in [5.74, 6) is 0. The van der Waals surface area contributed by atoms with Crippen LogP contribution in [0.15, 0.2) is 53.3 Å². The molecule has 4 rings (SSSR count). The van der Waals surface area contributed by atoms with Crippen LogP contribution in [0.3, 0.4) is 0 Å². The summed E-state index contributed by atoms with van der Waals surface area (Å²) in [5, 5.41) is 42.6. The van der Waals surface area contributed by atoms with Crippen LogP contribution in [-0.2, 0) is 4.74 Å². The third-order valence-electron chi connectivity index (χ3n) is 5.13. The molecule has 1 aliphatic heterocycles. The fourth-order valence-corrected chi connectivity index (χ4v) is 3.79. The summed E-state index contributed by atoms with van der Waals surface area (Å²) < 4.78 is 7.08. The predicted octanol–water partition coefficient (Wildman–Crippen LogP) is 0.260. The largest absolute Gasteiger partial charge is 0.394 e. The van der Waals surface area contributed by atoms with E-state index in [0.29, 0.717) is 22.3 Å². The van der Waals surface area contributed by atoms with Gasteiger partial charge in [0.2, 0.25) is 0 Å². The molecule has 5 atom stereocenters. The molecule has 0 amide bonds. The zero-order valence-corrected chi connectivity index (χ0v) is 16.5. The minimum absolute atomic E-state index is 0.246. The van der Waals surface area contributed by atoms with Crippen molar-refractivity contribution in [2.75, 3.05) is 11.9 Å². The molecule has 30 heavy (non-hydrogen) atoms. The summed E-state index contributed by atoms with van der Waals surface area (Å²) in [6.07, 6.45) is -6.35. The Hall–Kier alpha value is -2.60. The van der Waals surface area contributed by atoms with E-state index >= 15 is 0 Å². The van der Waals surface area contributed by atoms with E-state index in [0.717, 1.165) is 0 Å². The second-order valence-corrected chi connectivity index (χ2v) is 7.44. The lowest BCUT2D eigenvalue weighted by Crippen LogP contribution is -2.60. The molecular weight excluding hydrogens is 410 g/mol. The maximum Gasteiger partial charge on any atom is 0.266 e. The number of H-pyrrole nitrogens is 1. The zero-order valence-electron chi connectivity index (χ0n) is 15.7. The number of aromatic nitrogens is 2. The number of aliphatic hydroxyl groups is 4. The number of ether oxygens (including phenoxy) is 1. The average Bonchev–Trinajstić information content (AvgIpc) is 2.75. The number of aromatic amines is 1. The summed E-state index contributed by atoms with van der Waals surface area (Å²) in [6.45, 7) is -0.509. The van der Waals surface area contributed by atoms with Crippen LogP contribution in [0.4, 0.5) is 5.69 Å². The first-order valence-electron chi connectivity index (χ1n) is 9.32. The van der Waals surface area contributed by atoms with Gasteiger partial charge < -0.3 is 35.5 Å².